The summed E-state index contributed by atoms with van der Waals surface area (Å²) < 4.78 is 6.54. The Balaban J connectivity index is 1.84. The Morgan fingerprint density at radius 1 is 1.35 bits per heavy atom. The van der Waals surface area contributed by atoms with Crippen molar-refractivity contribution in [2.75, 3.05) is 0 Å². The quantitative estimate of drug-likeness (QED) is 0.914. The van der Waals surface area contributed by atoms with Gasteiger partial charge in [-0.25, -0.2) is 0 Å². The minimum absolute atomic E-state index is 0.156. The lowest BCUT2D eigenvalue weighted by Gasteiger charge is -2.14. The number of carbonyl (C=O) groups is 1. The fraction of sp³-hybridized carbons (Fsp3) is 0.200. The van der Waals surface area contributed by atoms with Crippen molar-refractivity contribution in [3.63, 3.8) is 0 Å². The molecule has 104 valence electrons. The van der Waals surface area contributed by atoms with Crippen LogP contribution in [-0.4, -0.2) is 17.0 Å². The van der Waals surface area contributed by atoms with Gasteiger partial charge in [-0.2, -0.15) is 0 Å². The Hall–Kier alpha value is -1.88. The molecule has 1 heterocycles. The summed E-state index contributed by atoms with van der Waals surface area (Å²) in [6, 6.07) is 11.1. The molecular formula is C15H15BrN2O2. The number of halogens is 1. The van der Waals surface area contributed by atoms with Crippen molar-refractivity contribution in [3.8, 4) is 5.75 Å². The molecule has 0 aliphatic heterocycles. The number of rotatable bonds is 5. The van der Waals surface area contributed by atoms with Gasteiger partial charge in [0.2, 0.25) is 0 Å². The van der Waals surface area contributed by atoms with Crippen molar-refractivity contribution in [3.05, 3.63) is 58.8 Å². The molecular weight excluding hydrogens is 320 g/mol. The standard InChI is InChI=1S/C15H15BrN2O2/c1-11(20-14-6-4-13(16)5-7-14)15(19)18-10-12-3-2-8-17-9-12/h2-9,11H,10H2,1H3,(H,18,19)/t11-/m0/s1. The van der Waals surface area contributed by atoms with Crippen molar-refractivity contribution < 1.29 is 9.53 Å². The van der Waals surface area contributed by atoms with Gasteiger partial charge in [0, 0.05) is 23.4 Å². The number of amides is 1. The van der Waals surface area contributed by atoms with Crippen LogP contribution in [0.2, 0.25) is 0 Å². The highest BCUT2D eigenvalue weighted by Gasteiger charge is 2.14. The highest BCUT2D eigenvalue weighted by molar-refractivity contribution is 9.10. The number of nitrogens with zero attached hydrogens (tertiary/aromatic N) is 1. The van der Waals surface area contributed by atoms with E-state index in [9.17, 15) is 4.79 Å². The minimum atomic E-state index is -0.548. The maximum absolute atomic E-state index is 11.9. The van der Waals surface area contributed by atoms with E-state index in [4.69, 9.17) is 4.74 Å². The molecule has 1 N–H and O–H groups in total. The van der Waals surface area contributed by atoms with Crippen LogP contribution in [0.3, 0.4) is 0 Å². The molecule has 1 atom stereocenters. The molecule has 0 saturated heterocycles. The van der Waals surface area contributed by atoms with Crippen LogP contribution < -0.4 is 10.1 Å². The molecule has 0 saturated carbocycles. The van der Waals surface area contributed by atoms with Gasteiger partial charge < -0.3 is 10.1 Å². The third-order valence-electron chi connectivity index (χ3n) is 2.69. The second-order valence-electron chi connectivity index (χ2n) is 4.29. The van der Waals surface area contributed by atoms with E-state index in [2.05, 4.69) is 26.2 Å². The molecule has 0 radical (unpaired) electrons. The average molecular weight is 335 g/mol. The number of hydrogen-bond donors (Lipinski definition) is 1. The van der Waals surface area contributed by atoms with Gasteiger partial charge in [-0.05, 0) is 42.8 Å². The first-order valence-electron chi connectivity index (χ1n) is 6.24. The molecule has 0 aliphatic carbocycles. The molecule has 2 aromatic rings. The molecule has 1 aromatic carbocycles. The van der Waals surface area contributed by atoms with E-state index in [1.165, 1.54) is 0 Å². The summed E-state index contributed by atoms with van der Waals surface area (Å²) in [6.45, 7) is 2.17. The van der Waals surface area contributed by atoms with Gasteiger partial charge in [0.05, 0.1) is 0 Å². The number of pyridine rings is 1. The van der Waals surface area contributed by atoms with E-state index in [0.717, 1.165) is 10.0 Å². The van der Waals surface area contributed by atoms with Crippen LogP contribution >= 0.6 is 15.9 Å². The van der Waals surface area contributed by atoms with Gasteiger partial charge in [0.15, 0.2) is 6.10 Å². The number of nitrogens with one attached hydrogen (secondary N) is 1. The fourth-order valence-corrected chi connectivity index (χ4v) is 1.87. The summed E-state index contributed by atoms with van der Waals surface area (Å²) in [7, 11) is 0. The molecule has 2 rings (SSSR count). The molecule has 0 bridgehead atoms. The SMILES string of the molecule is C[C@H](Oc1ccc(Br)cc1)C(=O)NCc1cccnc1. The average Bonchev–Trinajstić information content (AvgIpc) is 2.48. The van der Waals surface area contributed by atoms with Gasteiger partial charge in [-0.15, -0.1) is 0 Å². The van der Waals surface area contributed by atoms with Crippen molar-refractivity contribution >= 4 is 21.8 Å². The van der Waals surface area contributed by atoms with Crippen LogP contribution in [0.5, 0.6) is 5.75 Å². The van der Waals surface area contributed by atoms with E-state index in [-0.39, 0.29) is 5.91 Å². The summed E-state index contributed by atoms with van der Waals surface area (Å²) in [5.74, 6) is 0.508. The highest BCUT2D eigenvalue weighted by atomic mass is 79.9. The molecule has 20 heavy (non-hydrogen) atoms. The summed E-state index contributed by atoms with van der Waals surface area (Å²) in [4.78, 5) is 15.9. The zero-order valence-electron chi connectivity index (χ0n) is 11.0. The Bertz CT molecular complexity index is 558. The fourth-order valence-electron chi connectivity index (χ4n) is 1.61. The first-order valence-corrected chi connectivity index (χ1v) is 7.03. The van der Waals surface area contributed by atoms with Crippen molar-refractivity contribution in [2.45, 2.75) is 19.6 Å². The zero-order chi connectivity index (χ0) is 14.4. The number of hydrogen-bond acceptors (Lipinski definition) is 3. The highest BCUT2D eigenvalue weighted by Crippen LogP contribution is 2.17. The van der Waals surface area contributed by atoms with Crippen LogP contribution in [0.1, 0.15) is 12.5 Å². The third-order valence-corrected chi connectivity index (χ3v) is 3.21. The predicted octanol–water partition coefficient (Wildman–Crippen LogP) is 2.93. The van der Waals surface area contributed by atoms with E-state index >= 15 is 0 Å². The maximum Gasteiger partial charge on any atom is 0.261 e. The normalized spacial score (nSPS) is 11.7. The molecule has 1 amide bonds. The number of carbonyl (C=O) groups excluding carboxylic acids is 1. The predicted molar refractivity (Wildman–Crippen MR) is 80.3 cm³/mol. The molecule has 5 heteroatoms. The topological polar surface area (TPSA) is 51.2 Å². The van der Waals surface area contributed by atoms with Crippen LogP contribution in [0, 0.1) is 0 Å². The number of benzene rings is 1. The van der Waals surface area contributed by atoms with Crippen LogP contribution in [0.15, 0.2) is 53.3 Å². The smallest absolute Gasteiger partial charge is 0.261 e. The first kappa shape index (κ1) is 14.5. The minimum Gasteiger partial charge on any atom is -0.481 e. The van der Waals surface area contributed by atoms with E-state index in [1.54, 1.807) is 19.3 Å². The molecule has 0 aliphatic rings. The van der Waals surface area contributed by atoms with Crippen LogP contribution in [-0.2, 0) is 11.3 Å². The Kier molecular flexibility index (Phi) is 5.12. The Morgan fingerprint density at radius 2 is 2.10 bits per heavy atom. The molecule has 0 fully saturated rings. The van der Waals surface area contributed by atoms with Gasteiger partial charge in [-0.3, -0.25) is 9.78 Å². The lowest BCUT2D eigenvalue weighted by molar-refractivity contribution is -0.127. The number of aromatic nitrogens is 1. The van der Waals surface area contributed by atoms with Crippen molar-refractivity contribution in [1.82, 2.24) is 10.3 Å². The second-order valence-corrected chi connectivity index (χ2v) is 5.21. The monoisotopic (exact) mass is 334 g/mol. The van der Waals surface area contributed by atoms with Gasteiger partial charge in [0.25, 0.3) is 5.91 Å². The molecule has 1 aromatic heterocycles. The van der Waals surface area contributed by atoms with Crippen LogP contribution in [0.25, 0.3) is 0 Å². The summed E-state index contributed by atoms with van der Waals surface area (Å²) in [6.07, 6.45) is 2.87. The zero-order valence-corrected chi connectivity index (χ0v) is 12.6. The number of ether oxygens (including phenoxy) is 1. The first-order chi connectivity index (χ1) is 9.65. The molecule has 4 nitrogen and oxygen atoms in total. The van der Waals surface area contributed by atoms with Crippen molar-refractivity contribution in [1.29, 1.82) is 0 Å². The summed E-state index contributed by atoms with van der Waals surface area (Å²) in [5, 5.41) is 2.82. The molecule has 0 unspecified atom stereocenters. The van der Waals surface area contributed by atoms with E-state index in [0.29, 0.717) is 12.3 Å². The van der Waals surface area contributed by atoms with Gasteiger partial charge in [0.1, 0.15) is 5.75 Å². The van der Waals surface area contributed by atoms with Crippen LogP contribution in [0.4, 0.5) is 0 Å². The van der Waals surface area contributed by atoms with E-state index in [1.807, 2.05) is 36.4 Å². The maximum atomic E-state index is 11.9. The summed E-state index contributed by atoms with van der Waals surface area (Å²) >= 11 is 3.35. The lowest BCUT2D eigenvalue weighted by atomic mass is 10.2. The Morgan fingerprint density at radius 3 is 2.75 bits per heavy atom. The largest absolute Gasteiger partial charge is 0.481 e. The van der Waals surface area contributed by atoms with Gasteiger partial charge in [-0.1, -0.05) is 22.0 Å². The summed E-state index contributed by atoms with van der Waals surface area (Å²) in [5.41, 5.74) is 0.955. The Labute approximate surface area is 126 Å². The lowest BCUT2D eigenvalue weighted by Crippen LogP contribution is -2.35. The molecule has 0 spiro atoms. The third kappa shape index (κ3) is 4.35. The van der Waals surface area contributed by atoms with Crippen molar-refractivity contribution in [2.24, 2.45) is 0 Å². The van der Waals surface area contributed by atoms with Gasteiger partial charge >= 0.3 is 0 Å². The van der Waals surface area contributed by atoms with E-state index < -0.39 is 6.10 Å². The second kappa shape index (κ2) is 7.05.